The molecule has 1 amide bonds. The van der Waals surface area contributed by atoms with Crippen molar-refractivity contribution < 1.29 is 4.79 Å². The van der Waals surface area contributed by atoms with Crippen LogP contribution in [-0.2, 0) is 4.79 Å². The molecule has 84 valence electrons. The Morgan fingerprint density at radius 2 is 2.19 bits per heavy atom. The fourth-order valence-electron chi connectivity index (χ4n) is 2.20. The van der Waals surface area contributed by atoms with Crippen LogP contribution in [0.15, 0.2) is 36.4 Å². The van der Waals surface area contributed by atoms with Crippen molar-refractivity contribution in [3.05, 3.63) is 42.0 Å². The minimum Gasteiger partial charge on any atom is -0.326 e. The fourth-order valence-corrected chi connectivity index (χ4v) is 2.20. The maximum absolute atomic E-state index is 11.1. The number of amides is 1. The number of hydrogen-bond donors (Lipinski definition) is 1. The second kappa shape index (κ2) is 4.97. The molecule has 0 bridgehead atoms. The fraction of sp³-hybridized carbons (Fsp3) is 0.357. The number of para-hydroxylation sites is 1. The quantitative estimate of drug-likeness (QED) is 0.752. The van der Waals surface area contributed by atoms with Gasteiger partial charge in [0.25, 0.3) is 0 Å². The van der Waals surface area contributed by atoms with E-state index in [1.807, 2.05) is 18.2 Å². The topological polar surface area (TPSA) is 29.1 Å². The van der Waals surface area contributed by atoms with E-state index in [1.165, 1.54) is 24.8 Å². The summed E-state index contributed by atoms with van der Waals surface area (Å²) in [7, 11) is 0. The van der Waals surface area contributed by atoms with Crippen LogP contribution in [0.2, 0.25) is 0 Å². The molecule has 1 atom stereocenters. The van der Waals surface area contributed by atoms with Gasteiger partial charge >= 0.3 is 0 Å². The summed E-state index contributed by atoms with van der Waals surface area (Å²) in [4.78, 5) is 11.1. The van der Waals surface area contributed by atoms with Gasteiger partial charge in [-0.2, -0.15) is 0 Å². The summed E-state index contributed by atoms with van der Waals surface area (Å²) in [6.45, 7) is 1.55. The number of carbonyl (C=O) groups is 1. The molecular weight excluding hydrogens is 198 g/mol. The number of carbonyl (C=O) groups excluding carboxylic acids is 1. The Hall–Kier alpha value is -1.57. The predicted molar refractivity (Wildman–Crippen MR) is 66.5 cm³/mol. The molecule has 0 radical (unpaired) electrons. The van der Waals surface area contributed by atoms with E-state index in [1.54, 1.807) is 6.92 Å². The molecule has 2 nitrogen and oxygen atoms in total. The van der Waals surface area contributed by atoms with Gasteiger partial charge in [-0.3, -0.25) is 4.79 Å². The smallest absolute Gasteiger partial charge is 0.221 e. The van der Waals surface area contributed by atoms with Crippen molar-refractivity contribution >= 4 is 11.6 Å². The van der Waals surface area contributed by atoms with Gasteiger partial charge in [0.15, 0.2) is 0 Å². The first-order valence-electron chi connectivity index (χ1n) is 5.80. The Kier molecular flexibility index (Phi) is 3.40. The molecule has 1 aliphatic rings. The zero-order chi connectivity index (χ0) is 11.4. The van der Waals surface area contributed by atoms with E-state index in [0.717, 1.165) is 5.69 Å². The van der Waals surface area contributed by atoms with Crippen LogP contribution in [0.1, 0.15) is 37.7 Å². The molecule has 0 aliphatic heterocycles. The van der Waals surface area contributed by atoms with Crippen molar-refractivity contribution in [2.75, 3.05) is 5.32 Å². The van der Waals surface area contributed by atoms with E-state index in [4.69, 9.17) is 0 Å². The summed E-state index contributed by atoms with van der Waals surface area (Å²) in [6.07, 6.45) is 8.07. The third-order valence-corrected chi connectivity index (χ3v) is 2.93. The monoisotopic (exact) mass is 215 g/mol. The van der Waals surface area contributed by atoms with Gasteiger partial charge in [0.05, 0.1) is 0 Å². The van der Waals surface area contributed by atoms with Gasteiger partial charge < -0.3 is 5.32 Å². The molecule has 0 spiro atoms. The molecule has 1 aromatic carbocycles. The Balaban J connectivity index is 2.27. The zero-order valence-electron chi connectivity index (χ0n) is 9.57. The first-order chi connectivity index (χ1) is 7.77. The Morgan fingerprint density at radius 1 is 1.38 bits per heavy atom. The van der Waals surface area contributed by atoms with E-state index in [-0.39, 0.29) is 5.91 Å². The average Bonchev–Trinajstić information content (AvgIpc) is 2.30. The lowest BCUT2D eigenvalue weighted by Crippen LogP contribution is -2.10. The minimum absolute atomic E-state index is 0.00719. The summed E-state index contributed by atoms with van der Waals surface area (Å²) < 4.78 is 0. The molecule has 0 heterocycles. The van der Waals surface area contributed by atoms with Crippen LogP contribution in [-0.4, -0.2) is 5.91 Å². The Labute approximate surface area is 96.4 Å². The van der Waals surface area contributed by atoms with Gasteiger partial charge in [-0.25, -0.2) is 0 Å². The Bertz CT molecular complexity index is 409. The van der Waals surface area contributed by atoms with E-state index >= 15 is 0 Å². The predicted octanol–water partition coefficient (Wildman–Crippen LogP) is 3.47. The van der Waals surface area contributed by atoms with Crippen molar-refractivity contribution in [1.82, 2.24) is 0 Å². The maximum Gasteiger partial charge on any atom is 0.221 e. The van der Waals surface area contributed by atoms with Crippen molar-refractivity contribution in [1.29, 1.82) is 0 Å². The summed E-state index contributed by atoms with van der Waals surface area (Å²) in [5.74, 6) is 0.448. The van der Waals surface area contributed by atoms with Crippen LogP contribution in [0, 0.1) is 0 Å². The van der Waals surface area contributed by atoms with E-state index in [0.29, 0.717) is 5.92 Å². The second-order valence-corrected chi connectivity index (χ2v) is 4.23. The van der Waals surface area contributed by atoms with Crippen molar-refractivity contribution in [3.63, 3.8) is 0 Å². The van der Waals surface area contributed by atoms with Crippen LogP contribution >= 0.6 is 0 Å². The summed E-state index contributed by atoms with van der Waals surface area (Å²) >= 11 is 0. The molecule has 2 rings (SSSR count). The minimum atomic E-state index is -0.00719. The molecule has 1 aromatic rings. The first-order valence-corrected chi connectivity index (χ1v) is 5.80. The number of hydrogen-bond acceptors (Lipinski definition) is 1. The molecule has 16 heavy (non-hydrogen) atoms. The average molecular weight is 215 g/mol. The van der Waals surface area contributed by atoms with Crippen LogP contribution in [0.5, 0.6) is 0 Å². The SMILES string of the molecule is CC(=O)Nc1ccccc1C1C=CCCC1. The van der Waals surface area contributed by atoms with Gasteiger partial charge in [0.2, 0.25) is 5.91 Å². The molecule has 2 heteroatoms. The van der Waals surface area contributed by atoms with Crippen molar-refractivity contribution in [2.45, 2.75) is 32.1 Å². The van der Waals surface area contributed by atoms with Crippen LogP contribution < -0.4 is 5.32 Å². The summed E-state index contributed by atoms with van der Waals surface area (Å²) in [5.41, 5.74) is 2.18. The van der Waals surface area contributed by atoms with Gasteiger partial charge in [0.1, 0.15) is 0 Å². The number of allylic oxidation sites excluding steroid dienone is 2. The molecular formula is C14H17NO. The molecule has 1 unspecified atom stereocenters. The summed E-state index contributed by atoms with van der Waals surface area (Å²) in [6, 6.07) is 8.06. The molecule has 0 fully saturated rings. The molecule has 0 aromatic heterocycles. The lowest BCUT2D eigenvalue weighted by molar-refractivity contribution is -0.114. The van der Waals surface area contributed by atoms with Crippen LogP contribution in [0.25, 0.3) is 0 Å². The molecule has 0 saturated carbocycles. The lowest BCUT2D eigenvalue weighted by atomic mass is 9.88. The number of anilines is 1. The van der Waals surface area contributed by atoms with E-state index in [2.05, 4.69) is 23.5 Å². The standard InChI is InChI=1S/C14H17NO/c1-11(16)15-14-10-6-5-9-13(14)12-7-3-2-4-8-12/h3,5-7,9-10,12H,2,4,8H2,1H3,(H,15,16). The van der Waals surface area contributed by atoms with Gasteiger partial charge in [-0.15, -0.1) is 0 Å². The number of nitrogens with one attached hydrogen (secondary N) is 1. The van der Waals surface area contributed by atoms with Crippen molar-refractivity contribution in [3.8, 4) is 0 Å². The maximum atomic E-state index is 11.1. The van der Waals surface area contributed by atoms with Crippen LogP contribution in [0.3, 0.4) is 0 Å². The molecule has 1 aliphatic carbocycles. The largest absolute Gasteiger partial charge is 0.326 e. The van der Waals surface area contributed by atoms with Gasteiger partial charge in [-0.05, 0) is 30.9 Å². The normalized spacial score (nSPS) is 19.4. The van der Waals surface area contributed by atoms with Crippen LogP contribution in [0.4, 0.5) is 5.69 Å². The second-order valence-electron chi connectivity index (χ2n) is 4.23. The lowest BCUT2D eigenvalue weighted by Gasteiger charge is -2.19. The van der Waals surface area contributed by atoms with Crippen molar-refractivity contribution in [2.24, 2.45) is 0 Å². The third-order valence-electron chi connectivity index (χ3n) is 2.93. The zero-order valence-corrected chi connectivity index (χ0v) is 9.57. The highest BCUT2D eigenvalue weighted by atomic mass is 16.1. The molecule has 0 saturated heterocycles. The third kappa shape index (κ3) is 2.51. The van der Waals surface area contributed by atoms with E-state index < -0.39 is 0 Å². The summed E-state index contributed by atoms with van der Waals surface area (Å²) in [5, 5.41) is 2.90. The van der Waals surface area contributed by atoms with E-state index in [9.17, 15) is 4.79 Å². The number of rotatable bonds is 2. The van der Waals surface area contributed by atoms with Gasteiger partial charge in [0, 0.05) is 18.5 Å². The highest BCUT2D eigenvalue weighted by Crippen LogP contribution is 2.32. The first kappa shape index (κ1) is 10.9. The molecule has 1 N–H and O–H groups in total. The van der Waals surface area contributed by atoms with Gasteiger partial charge in [-0.1, -0.05) is 30.4 Å². The number of benzene rings is 1. The highest BCUT2D eigenvalue weighted by molar-refractivity contribution is 5.89. The highest BCUT2D eigenvalue weighted by Gasteiger charge is 2.14. The Morgan fingerprint density at radius 3 is 2.88 bits per heavy atom.